The molecule has 0 atom stereocenters. The van der Waals surface area contributed by atoms with Crippen molar-refractivity contribution in [2.75, 3.05) is 6.54 Å². The Hall–Kier alpha value is -1.20. The van der Waals surface area contributed by atoms with E-state index in [1.54, 1.807) is 11.3 Å². The Labute approximate surface area is 118 Å². The minimum atomic E-state index is 0.142. The van der Waals surface area contributed by atoms with Crippen LogP contribution in [0, 0.1) is 0 Å². The highest BCUT2D eigenvalue weighted by Gasteiger charge is 2.17. The number of thiazole rings is 1. The lowest BCUT2D eigenvalue weighted by Gasteiger charge is -2.14. The van der Waals surface area contributed by atoms with Gasteiger partial charge >= 0.3 is 0 Å². The molecular weight excluding hydrogens is 256 g/mol. The highest BCUT2D eigenvalue weighted by Crippen LogP contribution is 2.23. The standard InChI is InChI=1S/C14H22N4S/c1-14(2,3)12-10-19-13(16-12)9-15-7-5-11-6-8-18(4)17-11/h6,8,10,15H,5,7,9H2,1-4H3. The third-order valence-electron chi connectivity index (χ3n) is 2.92. The van der Waals surface area contributed by atoms with Gasteiger partial charge in [-0.05, 0) is 6.07 Å². The fraction of sp³-hybridized carbons (Fsp3) is 0.571. The lowest BCUT2D eigenvalue weighted by atomic mass is 9.93. The lowest BCUT2D eigenvalue weighted by molar-refractivity contribution is 0.568. The predicted octanol–water partition coefficient (Wildman–Crippen LogP) is 2.51. The summed E-state index contributed by atoms with van der Waals surface area (Å²) in [6.45, 7) is 8.36. The molecule has 0 amide bonds. The molecule has 0 saturated heterocycles. The van der Waals surface area contributed by atoms with Crippen LogP contribution in [0.2, 0.25) is 0 Å². The van der Waals surface area contributed by atoms with Gasteiger partial charge in [0.25, 0.3) is 0 Å². The van der Waals surface area contributed by atoms with E-state index in [2.05, 4.69) is 47.6 Å². The molecule has 0 aliphatic carbocycles. The van der Waals surface area contributed by atoms with Crippen molar-refractivity contribution in [3.63, 3.8) is 0 Å². The second-order valence-corrected chi connectivity index (χ2v) is 6.73. The summed E-state index contributed by atoms with van der Waals surface area (Å²) in [4.78, 5) is 4.67. The fourth-order valence-corrected chi connectivity index (χ4v) is 2.74. The molecule has 104 valence electrons. The van der Waals surface area contributed by atoms with Gasteiger partial charge in [0.2, 0.25) is 0 Å². The minimum Gasteiger partial charge on any atom is -0.310 e. The monoisotopic (exact) mass is 278 g/mol. The Bertz CT molecular complexity index is 522. The Morgan fingerprint density at radius 2 is 2.16 bits per heavy atom. The van der Waals surface area contributed by atoms with Crippen LogP contribution in [0.15, 0.2) is 17.6 Å². The first-order chi connectivity index (χ1) is 8.95. The molecule has 0 fully saturated rings. The highest BCUT2D eigenvalue weighted by molar-refractivity contribution is 7.09. The maximum Gasteiger partial charge on any atom is 0.107 e. The molecule has 0 bridgehead atoms. The quantitative estimate of drug-likeness (QED) is 0.855. The molecule has 2 aromatic heterocycles. The lowest BCUT2D eigenvalue weighted by Crippen LogP contribution is -2.17. The van der Waals surface area contributed by atoms with Crippen molar-refractivity contribution >= 4 is 11.3 Å². The minimum absolute atomic E-state index is 0.142. The van der Waals surface area contributed by atoms with Gasteiger partial charge in [0.1, 0.15) is 5.01 Å². The molecule has 0 spiro atoms. The van der Waals surface area contributed by atoms with Crippen LogP contribution >= 0.6 is 11.3 Å². The van der Waals surface area contributed by atoms with Crippen molar-refractivity contribution in [2.24, 2.45) is 7.05 Å². The Kier molecular flexibility index (Phi) is 4.37. The molecule has 0 unspecified atom stereocenters. The van der Waals surface area contributed by atoms with Crippen LogP contribution < -0.4 is 5.32 Å². The van der Waals surface area contributed by atoms with Gasteiger partial charge in [-0.1, -0.05) is 20.8 Å². The van der Waals surface area contributed by atoms with Crippen molar-refractivity contribution in [3.8, 4) is 0 Å². The topological polar surface area (TPSA) is 42.7 Å². The molecule has 1 N–H and O–H groups in total. The van der Waals surface area contributed by atoms with Gasteiger partial charge in [0.05, 0.1) is 11.4 Å². The molecule has 0 aliphatic heterocycles. The maximum atomic E-state index is 4.67. The predicted molar refractivity (Wildman–Crippen MR) is 79.4 cm³/mol. The summed E-state index contributed by atoms with van der Waals surface area (Å²) >= 11 is 1.73. The highest BCUT2D eigenvalue weighted by atomic mass is 32.1. The average molecular weight is 278 g/mol. The first-order valence-electron chi connectivity index (χ1n) is 6.59. The Balaban J connectivity index is 1.75. The van der Waals surface area contributed by atoms with Crippen molar-refractivity contribution in [1.29, 1.82) is 0 Å². The fourth-order valence-electron chi connectivity index (χ4n) is 1.74. The number of hydrogen-bond donors (Lipinski definition) is 1. The number of nitrogens with one attached hydrogen (secondary N) is 1. The molecule has 5 heteroatoms. The van der Waals surface area contributed by atoms with Gasteiger partial charge in [-0.2, -0.15) is 5.10 Å². The second kappa shape index (κ2) is 5.84. The first-order valence-corrected chi connectivity index (χ1v) is 7.47. The third-order valence-corrected chi connectivity index (χ3v) is 3.77. The van der Waals surface area contributed by atoms with E-state index in [1.807, 2.05) is 17.9 Å². The van der Waals surface area contributed by atoms with Gasteiger partial charge in [-0.25, -0.2) is 4.98 Å². The van der Waals surface area contributed by atoms with Crippen molar-refractivity contribution in [3.05, 3.63) is 34.0 Å². The van der Waals surface area contributed by atoms with Crippen LogP contribution in [0.1, 0.15) is 37.2 Å². The largest absolute Gasteiger partial charge is 0.310 e. The average Bonchev–Trinajstić information content (AvgIpc) is 2.93. The summed E-state index contributed by atoms with van der Waals surface area (Å²) in [6, 6.07) is 2.06. The molecule has 19 heavy (non-hydrogen) atoms. The molecule has 2 aromatic rings. The first kappa shape index (κ1) is 14.2. The molecule has 0 aromatic carbocycles. The van der Waals surface area contributed by atoms with E-state index in [4.69, 9.17) is 0 Å². The molecule has 0 aliphatic rings. The normalized spacial score (nSPS) is 12.0. The molecule has 2 rings (SSSR count). The molecule has 0 saturated carbocycles. The molecular formula is C14H22N4S. The van der Waals surface area contributed by atoms with Crippen LogP contribution in [-0.4, -0.2) is 21.3 Å². The van der Waals surface area contributed by atoms with Crippen molar-refractivity contribution in [2.45, 2.75) is 39.2 Å². The van der Waals surface area contributed by atoms with Gasteiger partial charge in [-0.15, -0.1) is 11.3 Å². The molecule has 4 nitrogen and oxygen atoms in total. The zero-order valence-corrected chi connectivity index (χ0v) is 12.9. The van der Waals surface area contributed by atoms with E-state index in [-0.39, 0.29) is 5.41 Å². The summed E-state index contributed by atoms with van der Waals surface area (Å²) in [5, 5.41) is 11.1. The number of aryl methyl sites for hydroxylation is 1. The van der Waals surface area contributed by atoms with Crippen LogP contribution in [0.3, 0.4) is 0 Å². The maximum absolute atomic E-state index is 4.67. The molecule has 0 radical (unpaired) electrons. The van der Waals surface area contributed by atoms with E-state index in [1.165, 1.54) is 5.69 Å². The van der Waals surface area contributed by atoms with E-state index >= 15 is 0 Å². The van der Waals surface area contributed by atoms with Gasteiger partial charge in [0, 0.05) is 43.5 Å². The summed E-state index contributed by atoms with van der Waals surface area (Å²) in [5.41, 5.74) is 2.45. The number of hydrogen-bond acceptors (Lipinski definition) is 4. The summed E-state index contributed by atoms with van der Waals surface area (Å²) in [5.74, 6) is 0. The summed E-state index contributed by atoms with van der Waals surface area (Å²) in [6.07, 6.45) is 2.93. The second-order valence-electron chi connectivity index (χ2n) is 5.78. The van der Waals surface area contributed by atoms with Crippen LogP contribution in [0.4, 0.5) is 0 Å². The SMILES string of the molecule is Cn1ccc(CCNCc2nc(C(C)(C)C)cs2)n1. The van der Waals surface area contributed by atoms with E-state index in [0.717, 1.165) is 30.2 Å². The van der Waals surface area contributed by atoms with Gasteiger partial charge < -0.3 is 5.32 Å². The number of rotatable bonds is 5. The summed E-state index contributed by atoms with van der Waals surface area (Å²) < 4.78 is 1.84. The smallest absolute Gasteiger partial charge is 0.107 e. The number of nitrogens with zero attached hydrogens (tertiary/aromatic N) is 3. The Morgan fingerprint density at radius 1 is 1.37 bits per heavy atom. The Morgan fingerprint density at radius 3 is 2.74 bits per heavy atom. The van der Waals surface area contributed by atoms with Gasteiger partial charge in [0.15, 0.2) is 0 Å². The zero-order chi connectivity index (χ0) is 13.9. The number of aromatic nitrogens is 3. The van der Waals surface area contributed by atoms with Crippen molar-refractivity contribution in [1.82, 2.24) is 20.1 Å². The van der Waals surface area contributed by atoms with Crippen molar-refractivity contribution < 1.29 is 0 Å². The third kappa shape index (κ3) is 4.14. The van der Waals surface area contributed by atoms with Crippen LogP contribution in [0.5, 0.6) is 0 Å². The van der Waals surface area contributed by atoms with E-state index < -0.39 is 0 Å². The van der Waals surface area contributed by atoms with Gasteiger partial charge in [-0.3, -0.25) is 4.68 Å². The van der Waals surface area contributed by atoms with E-state index in [9.17, 15) is 0 Å². The molecule has 2 heterocycles. The summed E-state index contributed by atoms with van der Waals surface area (Å²) in [7, 11) is 1.94. The van der Waals surface area contributed by atoms with Crippen LogP contribution in [0.25, 0.3) is 0 Å². The van der Waals surface area contributed by atoms with Crippen LogP contribution in [-0.2, 0) is 25.4 Å². The zero-order valence-electron chi connectivity index (χ0n) is 12.1. The van der Waals surface area contributed by atoms with E-state index in [0.29, 0.717) is 0 Å².